The Kier molecular flexibility index (Phi) is 8.20. The number of fused-ring (bicyclic) bond motifs is 1. The van der Waals surface area contributed by atoms with E-state index in [1.807, 2.05) is 61.5 Å². The molecule has 0 aliphatic carbocycles. The highest BCUT2D eigenvalue weighted by atomic mass is 35.5. The van der Waals surface area contributed by atoms with Crippen LogP contribution in [0.2, 0.25) is 5.02 Å². The van der Waals surface area contributed by atoms with Gasteiger partial charge in [0, 0.05) is 28.7 Å². The van der Waals surface area contributed by atoms with Crippen molar-refractivity contribution < 1.29 is 9.53 Å². The molecule has 0 radical (unpaired) electrons. The van der Waals surface area contributed by atoms with Crippen LogP contribution in [0.25, 0.3) is 10.2 Å². The lowest BCUT2D eigenvalue weighted by atomic mass is 10.2. The maximum absolute atomic E-state index is 13.3. The van der Waals surface area contributed by atoms with Crippen LogP contribution < -0.4 is 9.64 Å². The first kappa shape index (κ1) is 23.5. The molecule has 2 heterocycles. The summed E-state index contributed by atoms with van der Waals surface area (Å²) in [5, 5.41) is 1.43. The summed E-state index contributed by atoms with van der Waals surface area (Å²) in [4.78, 5) is 25.0. The van der Waals surface area contributed by atoms with Gasteiger partial charge in [-0.25, -0.2) is 4.98 Å². The molecule has 0 saturated heterocycles. The highest BCUT2D eigenvalue weighted by Crippen LogP contribution is 2.33. The number of hydrogen-bond donors (Lipinski definition) is 0. The molecule has 0 aliphatic heterocycles. The summed E-state index contributed by atoms with van der Waals surface area (Å²) < 4.78 is 6.62. The second-order valence-electron chi connectivity index (χ2n) is 7.30. The van der Waals surface area contributed by atoms with Crippen molar-refractivity contribution in [3.05, 3.63) is 77.6 Å². The first-order valence-corrected chi connectivity index (χ1v) is 12.9. The number of nitrogens with zero attached hydrogens (tertiary/aromatic N) is 3. The number of hydrogen-bond acceptors (Lipinski definition) is 6. The van der Waals surface area contributed by atoms with Crippen LogP contribution in [-0.4, -0.2) is 28.2 Å². The van der Waals surface area contributed by atoms with Crippen molar-refractivity contribution in [2.45, 2.75) is 31.2 Å². The van der Waals surface area contributed by atoms with E-state index >= 15 is 0 Å². The molecule has 0 fully saturated rings. The van der Waals surface area contributed by atoms with Gasteiger partial charge in [-0.05, 0) is 79.3 Å². The molecular formula is C25H24ClN3O2S2. The van der Waals surface area contributed by atoms with Crippen molar-refractivity contribution in [1.82, 2.24) is 9.97 Å². The third-order valence-electron chi connectivity index (χ3n) is 4.90. The highest BCUT2D eigenvalue weighted by Gasteiger charge is 2.20. The Labute approximate surface area is 206 Å². The molecule has 2 aromatic carbocycles. The topological polar surface area (TPSA) is 55.3 Å². The predicted octanol–water partition coefficient (Wildman–Crippen LogP) is 6.85. The summed E-state index contributed by atoms with van der Waals surface area (Å²) >= 11 is 9.19. The third-order valence-corrected chi connectivity index (χ3v) is 7.29. The monoisotopic (exact) mass is 497 g/mol. The molecule has 170 valence electrons. The minimum atomic E-state index is 0.0626. The quantitative estimate of drug-likeness (QED) is 0.177. The number of anilines is 1. The normalized spacial score (nSPS) is 11.0. The fourth-order valence-electron chi connectivity index (χ4n) is 3.28. The molecule has 0 saturated carbocycles. The lowest BCUT2D eigenvalue weighted by Crippen LogP contribution is -2.30. The summed E-state index contributed by atoms with van der Waals surface area (Å²) in [7, 11) is 0. The average Bonchev–Trinajstić information content (AvgIpc) is 3.25. The number of ether oxygens (including phenoxy) is 1. The largest absolute Gasteiger partial charge is 0.494 e. The van der Waals surface area contributed by atoms with Crippen molar-refractivity contribution in [2.75, 3.05) is 17.3 Å². The van der Waals surface area contributed by atoms with Gasteiger partial charge in [-0.2, -0.15) is 0 Å². The van der Waals surface area contributed by atoms with Gasteiger partial charge in [0.15, 0.2) is 5.13 Å². The van der Waals surface area contributed by atoms with E-state index in [0.717, 1.165) is 43.6 Å². The van der Waals surface area contributed by atoms with Crippen LogP contribution in [0.4, 0.5) is 5.13 Å². The van der Waals surface area contributed by atoms with E-state index in [4.69, 9.17) is 21.3 Å². The average molecular weight is 498 g/mol. The second kappa shape index (κ2) is 11.5. The van der Waals surface area contributed by atoms with E-state index < -0.39 is 0 Å². The molecule has 4 rings (SSSR count). The van der Waals surface area contributed by atoms with Gasteiger partial charge in [0.25, 0.3) is 0 Å². The van der Waals surface area contributed by atoms with Crippen LogP contribution in [0.3, 0.4) is 0 Å². The molecule has 8 heteroatoms. The molecule has 0 unspecified atom stereocenters. The van der Waals surface area contributed by atoms with Crippen molar-refractivity contribution in [3.63, 3.8) is 0 Å². The maximum Gasteiger partial charge on any atom is 0.229 e. The fourth-order valence-corrected chi connectivity index (χ4v) is 5.27. The summed E-state index contributed by atoms with van der Waals surface area (Å²) in [5.74, 6) is 1.73. The number of pyridine rings is 1. The number of benzene rings is 2. The van der Waals surface area contributed by atoms with E-state index in [2.05, 4.69) is 4.98 Å². The Bertz CT molecular complexity index is 1200. The van der Waals surface area contributed by atoms with E-state index in [1.54, 1.807) is 29.1 Å². The zero-order valence-corrected chi connectivity index (χ0v) is 20.6. The van der Waals surface area contributed by atoms with Crippen molar-refractivity contribution >= 4 is 56.0 Å². The van der Waals surface area contributed by atoms with Crippen molar-refractivity contribution in [3.8, 4) is 5.75 Å². The number of aromatic nitrogens is 2. The highest BCUT2D eigenvalue weighted by molar-refractivity contribution is 7.99. The molecule has 0 atom stereocenters. The smallest absolute Gasteiger partial charge is 0.229 e. The number of thioether (sulfide) groups is 1. The number of halogens is 1. The molecule has 0 N–H and O–H groups in total. The summed E-state index contributed by atoms with van der Waals surface area (Å²) in [6.07, 6.45) is 4.71. The number of carbonyl (C=O) groups is 1. The van der Waals surface area contributed by atoms with E-state index in [-0.39, 0.29) is 5.91 Å². The Hall–Kier alpha value is -2.61. The Morgan fingerprint density at radius 2 is 1.91 bits per heavy atom. The lowest BCUT2D eigenvalue weighted by molar-refractivity contribution is -0.118. The Morgan fingerprint density at radius 3 is 2.67 bits per heavy atom. The van der Waals surface area contributed by atoms with Gasteiger partial charge in [-0.1, -0.05) is 22.9 Å². The maximum atomic E-state index is 13.3. The van der Waals surface area contributed by atoms with Crippen LogP contribution >= 0.6 is 34.7 Å². The van der Waals surface area contributed by atoms with Gasteiger partial charge in [-0.3, -0.25) is 14.7 Å². The SMILES string of the molecule is CCOc1ccc2nc(N(Cc3ccncc3)C(=O)CCCSc3ccc(Cl)cc3)sc2c1. The third kappa shape index (κ3) is 6.47. The van der Waals surface area contributed by atoms with Gasteiger partial charge in [-0.15, -0.1) is 11.8 Å². The van der Waals surface area contributed by atoms with E-state index in [9.17, 15) is 4.79 Å². The Balaban J connectivity index is 1.47. The van der Waals surface area contributed by atoms with Gasteiger partial charge < -0.3 is 4.74 Å². The van der Waals surface area contributed by atoms with Crippen LogP contribution in [0.5, 0.6) is 5.75 Å². The fraction of sp³-hybridized carbons (Fsp3) is 0.240. The number of amides is 1. The lowest BCUT2D eigenvalue weighted by Gasteiger charge is -2.20. The molecular weight excluding hydrogens is 474 g/mol. The molecule has 33 heavy (non-hydrogen) atoms. The summed E-state index contributed by atoms with van der Waals surface area (Å²) in [6.45, 7) is 3.03. The van der Waals surface area contributed by atoms with Crippen molar-refractivity contribution in [1.29, 1.82) is 0 Å². The molecule has 5 nitrogen and oxygen atoms in total. The number of thiazole rings is 1. The summed E-state index contributed by atoms with van der Waals surface area (Å²) in [6, 6.07) is 17.5. The second-order valence-corrected chi connectivity index (χ2v) is 9.91. The van der Waals surface area contributed by atoms with Gasteiger partial charge >= 0.3 is 0 Å². The standard InChI is InChI=1S/C25H24ClN3O2S2/c1-2-31-20-7-10-22-23(16-20)33-25(28-22)29(17-18-11-13-27-14-12-18)24(30)4-3-15-32-21-8-5-19(26)6-9-21/h5-14,16H,2-4,15,17H2,1H3. The number of carbonyl (C=O) groups excluding carboxylic acids is 1. The zero-order chi connectivity index (χ0) is 23.0. The van der Waals surface area contributed by atoms with E-state index in [0.29, 0.717) is 24.7 Å². The minimum absolute atomic E-state index is 0.0626. The molecule has 2 aromatic heterocycles. The van der Waals surface area contributed by atoms with E-state index in [1.165, 1.54) is 11.3 Å². The van der Waals surface area contributed by atoms with Gasteiger partial charge in [0.1, 0.15) is 5.75 Å². The predicted molar refractivity (Wildman–Crippen MR) is 138 cm³/mol. The molecule has 0 spiro atoms. The molecule has 4 aromatic rings. The van der Waals surface area contributed by atoms with Crippen LogP contribution in [0, 0.1) is 0 Å². The molecule has 0 aliphatic rings. The summed E-state index contributed by atoms with van der Waals surface area (Å²) in [5.41, 5.74) is 1.88. The Morgan fingerprint density at radius 1 is 1.12 bits per heavy atom. The van der Waals surface area contributed by atoms with Gasteiger partial charge in [0.05, 0.1) is 23.4 Å². The first-order chi connectivity index (χ1) is 16.1. The number of rotatable bonds is 10. The van der Waals surface area contributed by atoms with Gasteiger partial charge in [0.2, 0.25) is 5.91 Å². The van der Waals surface area contributed by atoms with Crippen molar-refractivity contribution in [2.24, 2.45) is 0 Å². The van der Waals surface area contributed by atoms with Crippen LogP contribution in [-0.2, 0) is 11.3 Å². The molecule has 1 amide bonds. The molecule has 0 bridgehead atoms. The van der Waals surface area contributed by atoms with Crippen LogP contribution in [0.15, 0.2) is 71.9 Å². The zero-order valence-electron chi connectivity index (χ0n) is 18.2. The van der Waals surface area contributed by atoms with Crippen LogP contribution in [0.1, 0.15) is 25.3 Å². The minimum Gasteiger partial charge on any atom is -0.494 e. The first-order valence-electron chi connectivity index (χ1n) is 10.7.